The number of anilines is 1. The molecule has 1 spiro atoms. The lowest BCUT2D eigenvalue weighted by molar-refractivity contribution is 0.192. The molecule has 3 saturated heterocycles. The van der Waals surface area contributed by atoms with Crippen molar-refractivity contribution in [1.29, 1.82) is 5.26 Å². The highest BCUT2D eigenvalue weighted by Crippen LogP contribution is 2.40. The number of likely N-dealkylation sites (tertiary alicyclic amines) is 2. The first-order chi connectivity index (χ1) is 14.1. The van der Waals surface area contributed by atoms with Gasteiger partial charge < -0.3 is 14.7 Å². The Labute approximate surface area is 170 Å². The van der Waals surface area contributed by atoms with Crippen LogP contribution in [0.5, 0.6) is 0 Å². The molecule has 0 saturated carbocycles. The normalized spacial score (nSPS) is 30.6. The number of nitrogens with zero attached hydrogens (tertiary/aromatic N) is 6. The lowest BCUT2D eigenvalue weighted by Gasteiger charge is -2.26. The summed E-state index contributed by atoms with van der Waals surface area (Å²) < 4.78 is 15.0. The maximum Gasteiger partial charge on any atom is 0.123 e. The minimum atomic E-state index is -0.847. The molecule has 0 amide bonds. The average molecular weight is 394 g/mol. The van der Waals surface area contributed by atoms with Gasteiger partial charge in [0, 0.05) is 51.0 Å². The van der Waals surface area contributed by atoms with Crippen LogP contribution in [-0.4, -0.2) is 78.8 Å². The molecule has 0 bridgehead atoms. The van der Waals surface area contributed by atoms with Crippen LogP contribution in [0.2, 0.25) is 0 Å². The van der Waals surface area contributed by atoms with Crippen LogP contribution in [0.25, 0.3) is 11.0 Å². The number of alkyl halides is 1. The molecule has 3 fully saturated rings. The van der Waals surface area contributed by atoms with Crippen LogP contribution in [0, 0.1) is 22.7 Å². The predicted octanol–water partition coefficient (Wildman–Crippen LogP) is 2.30. The zero-order chi connectivity index (χ0) is 20.0. The average Bonchev–Trinajstić information content (AvgIpc) is 3.41. The number of hydrogen-bond acceptors (Lipinski definition) is 6. The van der Waals surface area contributed by atoms with E-state index in [1.807, 2.05) is 6.07 Å². The minimum absolute atomic E-state index is 0.00616. The van der Waals surface area contributed by atoms with E-state index in [0.717, 1.165) is 25.3 Å². The van der Waals surface area contributed by atoms with Gasteiger partial charge >= 0.3 is 0 Å². The molecule has 3 aliphatic rings. The highest BCUT2D eigenvalue weighted by molar-refractivity contribution is 5.92. The number of halogens is 1. The lowest BCUT2D eigenvalue weighted by Crippen LogP contribution is -2.35. The van der Waals surface area contributed by atoms with E-state index in [9.17, 15) is 9.65 Å². The largest absolute Gasteiger partial charge is 0.366 e. The number of nitriles is 1. The molecular weight excluding hydrogens is 367 g/mol. The maximum absolute atomic E-state index is 15.0. The molecule has 0 N–H and O–H groups in total. The second-order valence-electron chi connectivity index (χ2n) is 9.15. The van der Waals surface area contributed by atoms with Crippen molar-refractivity contribution in [3.05, 3.63) is 30.1 Å². The highest BCUT2D eigenvalue weighted by Gasteiger charge is 2.44. The molecule has 0 radical (unpaired) electrons. The number of benzene rings is 1. The second-order valence-corrected chi connectivity index (χ2v) is 9.15. The monoisotopic (exact) mass is 394 g/mol. The van der Waals surface area contributed by atoms with Crippen LogP contribution in [0.15, 0.2) is 24.5 Å². The fourth-order valence-electron chi connectivity index (χ4n) is 5.60. The van der Waals surface area contributed by atoms with Gasteiger partial charge in [0.2, 0.25) is 0 Å². The third kappa shape index (κ3) is 3.34. The van der Waals surface area contributed by atoms with Crippen LogP contribution < -0.4 is 4.90 Å². The summed E-state index contributed by atoms with van der Waals surface area (Å²) in [5.41, 5.74) is 3.10. The fourth-order valence-corrected chi connectivity index (χ4v) is 5.60. The Morgan fingerprint density at radius 1 is 1.14 bits per heavy atom. The SMILES string of the molecule is CN1CCC2(CCN(C[C@H]3CN(c4ccc(C#N)c5nccnc45)CC3F)C2)C1. The zero-order valence-corrected chi connectivity index (χ0v) is 16.9. The minimum Gasteiger partial charge on any atom is -0.366 e. The summed E-state index contributed by atoms with van der Waals surface area (Å²) in [5.74, 6) is 0.00616. The molecule has 152 valence electrons. The van der Waals surface area contributed by atoms with Crippen LogP contribution >= 0.6 is 0 Å². The maximum atomic E-state index is 15.0. The molecule has 2 unspecified atom stereocenters. The molecule has 29 heavy (non-hydrogen) atoms. The van der Waals surface area contributed by atoms with Crippen LogP contribution in [-0.2, 0) is 0 Å². The first-order valence-electron chi connectivity index (χ1n) is 10.5. The highest BCUT2D eigenvalue weighted by atomic mass is 19.1. The van der Waals surface area contributed by atoms with Crippen molar-refractivity contribution in [2.75, 3.05) is 57.8 Å². The van der Waals surface area contributed by atoms with Crippen molar-refractivity contribution < 1.29 is 4.39 Å². The van der Waals surface area contributed by atoms with E-state index in [1.54, 1.807) is 18.5 Å². The molecule has 1 aromatic heterocycles. The standard InChI is InChI=1S/C22H27FN6/c1-27-8-4-22(14-27)5-9-28(15-22)11-17-12-29(13-18(17)23)19-3-2-16(10-24)20-21(19)26-7-6-25-20/h2-3,6-7,17-18H,4-5,8-9,11-15H2,1H3/t17-,18?,22?/m0/s1. The third-order valence-electron chi connectivity index (χ3n) is 7.07. The Balaban J connectivity index is 1.31. The van der Waals surface area contributed by atoms with Crippen molar-refractivity contribution >= 4 is 16.7 Å². The van der Waals surface area contributed by atoms with E-state index in [1.165, 1.54) is 25.9 Å². The summed E-state index contributed by atoms with van der Waals surface area (Å²) in [6.07, 6.45) is 4.89. The summed E-state index contributed by atoms with van der Waals surface area (Å²) in [6.45, 7) is 6.43. The van der Waals surface area contributed by atoms with E-state index in [4.69, 9.17) is 0 Å². The molecule has 1 aromatic carbocycles. The summed E-state index contributed by atoms with van der Waals surface area (Å²) >= 11 is 0. The quantitative estimate of drug-likeness (QED) is 0.796. The van der Waals surface area contributed by atoms with Gasteiger partial charge in [-0.15, -0.1) is 0 Å². The Kier molecular flexibility index (Phi) is 4.64. The Morgan fingerprint density at radius 3 is 2.69 bits per heavy atom. The third-order valence-corrected chi connectivity index (χ3v) is 7.07. The van der Waals surface area contributed by atoms with Gasteiger partial charge in [-0.2, -0.15) is 5.26 Å². The van der Waals surface area contributed by atoms with Crippen LogP contribution in [0.4, 0.5) is 10.1 Å². The Bertz CT molecular complexity index is 958. The van der Waals surface area contributed by atoms with E-state index in [2.05, 4.69) is 37.8 Å². The topological polar surface area (TPSA) is 59.3 Å². The Hall–Kier alpha value is -2.30. The lowest BCUT2D eigenvalue weighted by atomic mass is 9.86. The second kappa shape index (κ2) is 7.19. The summed E-state index contributed by atoms with van der Waals surface area (Å²) in [4.78, 5) is 15.8. The number of aromatic nitrogens is 2. The fraction of sp³-hybridized carbons (Fsp3) is 0.591. The zero-order valence-electron chi connectivity index (χ0n) is 16.9. The van der Waals surface area contributed by atoms with Crippen molar-refractivity contribution in [2.24, 2.45) is 11.3 Å². The van der Waals surface area contributed by atoms with Crippen molar-refractivity contribution in [2.45, 2.75) is 19.0 Å². The van der Waals surface area contributed by atoms with Gasteiger partial charge in [-0.05, 0) is 50.5 Å². The molecule has 5 rings (SSSR count). The van der Waals surface area contributed by atoms with Gasteiger partial charge in [-0.25, -0.2) is 4.39 Å². The van der Waals surface area contributed by atoms with Gasteiger partial charge in [-0.3, -0.25) is 9.97 Å². The number of rotatable bonds is 3. The van der Waals surface area contributed by atoms with Crippen molar-refractivity contribution in [3.63, 3.8) is 0 Å². The summed E-state index contributed by atoms with van der Waals surface area (Å²) in [7, 11) is 2.20. The summed E-state index contributed by atoms with van der Waals surface area (Å²) in [5, 5.41) is 9.34. The van der Waals surface area contributed by atoms with Gasteiger partial charge in [0.15, 0.2) is 0 Å². The Morgan fingerprint density at radius 2 is 1.93 bits per heavy atom. The molecule has 3 atom stereocenters. The van der Waals surface area contributed by atoms with Crippen LogP contribution in [0.1, 0.15) is 18.4 Å². The van der Waals surface area contributed by atoms with E-state index in [0.29, 0.717) is 35.1 Å². The van der Waals surface area contributed by atoms with E-state index < -0.39 is 6.17 Å². The number of fused-ring (bicyclic) bond motifs is 1. The molecule has 4 heterocycles. The van der Waals surface area contributed by atoms with Gasteiger partial charge in [0.1, 0.15) is 23.3 Å². The van der Waals surface area contributed by atoms with Gasteiger partial charge in [-0.1, -0.05) is 0 Å². The van der Waals surface area contributed by atoms with Crippen molar-refractivity contribution in [1.82, 2.24) is 19.8 Å². The van der Waals surface area contributed by atoms with Crippen LogP contribution in [0.3, 0.4) is 0 Å². The van der Waals surface area contributed by atoms with E-state index >= 15 is 0 Å². The molecule has 7 heteroatoms. The van der Waals surface area contributed by atoms with Gasteiger partial charge in [0.05, 0.1) is 11.3 Å². The smallest absolute Gasteiger partial charge is 0.123 e. The molecular formula is C22H27FN6. The molecule has 6 nitrogen and oxygen atoms in total. The van der Waals surface area contributed by atoms with Gasteiger partial charge in [0.25, 0.3) is 0 Å². The van der Waals surface area contributed by atoms with E-state index in [-0.39, 0.29) is 5.92 Å². The molecule has 2 aromatic rings. The predicted molar refractivity (Wildman–Crippen MR) is 110 cm³/mol. The molecule has 0 aliphatic carbocycles. The first kappa shape index (κ1) is 18.7. The number of hydrogen-bond donors (Lipinski definition) is 0. The first-order valence-corrected chi connectivity index (χ1v) is 10.5. The van der Waals surface area contributed by atoms with Crippen molar-refractivity contribution in [3.8, 4) is 6.07 Å². The summed E-state index contributed by atoms with van der Waals surface area (Å²) in [6, 6.07) is 5.84. The molecule has 3 aliphatic heterocycles.